The molecular weight excluding hydrogens is 531 g/mol. The summed E-state index contributed by atoms with van der Waals surface area (Å²) < 4.78 is 62.6. The topological polar surface area (TPSA) is 105 Å². The largest absolute Gasteiger partial charge is 0.443 e. The van der Waals surface area contributed by atoms with Crippen LogP contribution in [0.4, 0.5) is 11.4 Å². The first-order valence-electron chi connectivity index (χ1n) is 10.1. The number of rotatable bonds is 6. The van der Waals surface area contributed by atoms with Crippen molar-refractivity contribution in [3.8, 4) is 0 Å². The Morgan fingerprint density at radius 1 is 0.657 bits per heavy atom. The van der Waals surface area contributed by atoms with Crippen molar-refractivity contribution in [3.63, 3.8) is 0 Å². The molecule has 0 amide bonds. The minimum absolute atomic E-state index is 0.0136. The number of hydrogen-bond acceptors (Lipinski definition) is 5. The highest BCUT2D eigenvalue weighted by Crippen LogP contribution is 2.32. The summed E-state index contributed by atoms with van der Waals surface area (Å²) in [7, 11) is -8.28. The SMILES string of the molecule is O=S(=O)(Nc1ccc(Cl)cc1NS(=O)(=O)c1cc2ccccc2o1)c1ccc2c(Cl)cccc2c1. The number of hydrogen-bond donors (Lipinski definition) is 2. The first-order valence-corrected chi connectivity index (χ1v) is 13.9. The lowest BCUT2D eigenvalue weighted by Crippen LogP contribution is -2.17. The highest BCUT2D eigenvalue weighted by molar-refractivity contribution is 7.93. The van der Waals surface area contributed by atoms with Crippen LogP contribution in [0.3, 0.4) is 0 Å². The van der Waals surface area contributed by atoms with Crippen molar-refractivity contribution < 1.29 is 21.3 Å². The molecule has 0 bridgehead atoms. The van der Waals surface area contributed by atoms with Gasteiger partial charge in [0.05, 0.1) is 16.3 Å². The maximum Gasteiger partial charge on any atom is 0.295 e. The molecule has 5 rings (SSSR count). The molecule has 0 aliphatic heterocycles. The highest BCUT2D eigenvalue weighted by Gasteiger charge is 2.23. The number of fused-ring (bicyclic) bond motifs is 2. The van der Waals surface area contributed by atoms with Crippen LogP contribution in [-0.4, -0.2) is 16.8 Å². The third kappa shape index (κ3) is 4.68. The number of furan rings is 1. The predicted octanol–water partition coefficient (Wildman–Crippen LogP) is 6.49. The van der Waals surface area contributed by atoms with Gasteiger partial charge in [-0.1, -0.05) is 59.6 Å². The molecule has 11 heteroatoms. The van der Waals surface area contributed by atoms with Gasteiger partial charge in [0, 0.05) is 26.9 Å². The van der Waals surface area contributed by atoms with Crippen molar-refractivity contribution in [1.29, 1.82) is 0 Å². The van der Waals surface area contributed by atoms with Crippen LogP contribution in [0.2, 0.25) is 10.0 Å². The monoisotopic (exact) mass is 546 g/mol. The van der Waals surface area contributed by atoms with Gasteiger partial charge in [-0.25, -0.2) is 8.42 Å². The average molecular weight is 547 g/mol. The second-order valence-electron chi connectivity index (χ2n) is 7.63. The van der Waals surface area contributed by atoms with Crippen molar-refractivity contribution in [3.05, 3.63) is 95.0 Å². The van der Waals surface area contributed by atoms with Gasteiger partial charge < -0.3 is 4.42 Å². The molecule has 0 unspecified atom stereocenters. The Morgan fingerprint density at radius 2 is 1.40 bits per heavy atom. The van der Waals surface area contributed by atoms with Gasteiger partial charge in [0.1, 0.15) is 5.58 Å². The molecule has 178 valence electrons. The van der Waals surface area contributed by atoms with Crippen LogP contribution in [0.5, 0.6) is 0 Å². The summed E-state index contributed by atoms with van der Waals surface area (Å²) in [6.45, 7) is 0. The molecule has 5 aromatic rings. The van der Waals surface area contributed by atoms with E-state index in [2.05, 4.69) is 9.44 Å². The van der Waals surface area contributed by atoms with E-state index in [0.717, 1.165) is 0 Å². The number of sulfonamides is 2. The van der Waals surface area contributed by atoms with Gasteiger partial charge in [-0.3, -0.25) is 9.44 Å². The van der Waals surface area contributed by atoms with E-state index in [-0.39, 0.29) is 26.4 Å². The molecule has 0 fully saturated rings. The molecular formula is C24H16Cl2N2O5S2. The molecule has 0 saturated carbocycles. The lowest BCUT2D eigenvalue weighted by Gasteiger charge is -2.15. The van der Waals surface area contributed by atoms with Crippen molar-refractivity contribution in [1.82, 2.24) is 0 Å². The van der Waals surface area contributed by atoms with Crippen molar-refractivity contribution >= 4 is 76.4 Å². The lowest BCUT2D eigenvalue weighted by molar-refractivity contribution is 0.484. The number of nitrogens with one attached hydrogen (secondary N) is 2. The zero-order valence-electron chi connectivity index (χ0n) is 17.7. The summed E-state index contributed by atoms with van der Waals surface area (Å²) in [6, 6.07) is 22.0. The molecule has 4 aromatic carbocycles. The Hall–Kier alpha value is -3.24. The number of halogens is 2. The summed E-state index contributed by atoms with van der Waals surface area (Å²) in [6.07, 6.45) is 0. The smallest absolute Gasteiger partial charge is 0.295 e. The van der Waals surface area contributed by atoms with Crippen molar-refractivity contribution in [2.45, 2.75) is 9.99 Å². The molecule has 0 radical (unpaired) electrons. The Bertz CT molecular complexity index is 1780. The van der Waals surface area contributed by atoms with Gasteiger partial charge >= 0.3 is 0 Å². The summed E-state index contributed by atoms with van der Waals surface area (Å²) in [5.74, 6) is 0. The summed E-state index contributed by atoms with van der Waals surface area (Å²) in [5, 5.41) is 2.34. The van der Waals surface area contributed by atoms with Gasteiger partial charge in [0.15, 0.2) is 0 Å². The predicted molar refractivity (Wildman–Crippen MR) is 138 cm³/mol. The van der Waals surface area contributed by atoms with Crippen LogP contribution in [0.15, 0.2) is 99.3 Å². The molecule has 0 spiro atoms. The first kappa shape index (κ1) is 23.5. The van der Waals surface area contributed by atoms with Crippen molar-refractivity contribution in [2.75, 3.05) is 9.44 Å². The Kier molecular flexibility index (Phi) is 5.88. The average Bonchev–Trinajstić information content (AvgIpc) is 3.26. The quantitative estimate of drug-likeness (QED) is 0.253. The molecule has 0 saturated heterocycles. The summed E-state index contributed by atoms with van der Waals surface area (Å²) in [4.78, 5) is -0.0201. The van der Waals surface area contributed by atoms with Crippen molar-refractivity contribution in [2.24, 2.45) is 0 Å². The van der Waals surface area contributed by atoms with Crippen LogP contribution in [-0.2, 0) is 20.0 Å². The van der Waals surface area contributed by atoms with E-state index in [1.165, 1.54) is 36.4 Å². The van der Waals surface area contributed by atoms with Crippen LogP contribution < -0.4 is 9.44 Å². The van der Waals surface area contributed by atoms with Gasteiger partial charge in [0.25, 0.3) is 20.0 Å². The number of para-hydroxylation sites is 1. The molecule has 0 aliphatic carbocycles. The first-order chi connectivity index (χ1) is 16.6. The Morgan fingerprint density at radius 3 is 2.20 bits per heavy atom. The maximum atomic E-state index is 13.1. The van der Waals surface area contributed by atoms with Crippen LogP contribution in [0.25, 0.3) is 21.7 Å². The van der Waals surface area contributed by atoms with E-state index in [9.17, 15) is 16.8 Å². The van der Waals surface area contributed by atoms with Gasteiger partial charge in [-0.05, 0) is 47.9 Å². The van der Waals surface area contributed by atoms with E-state index in [0.29, 0.717) is 26.8 Å². The molecule has 2 N–H and O–H groups in total. The molecule has 7 nitrogen and oxygen atoms in total. The molecule has 0 aliphatic rings. The molecule has 35 heavy (non-hydrogen) atoms. The maximum absolute atomic E-state index is 13.1. The van der Waals surface area contributed by atoms with Gasteiger partial charge in [0.2, 0.25) is 5.09 Å². The number of anilines is 2. The third-order valence-corrected chi connectivity index (χ3v) is 8.39. The normalized spacial score (nSPS) is 12.2. The standard InChI is InChI=1S/C24H16Cl2N2O5S2/c25-17-8-11-21(27-34(29,30)18-9-10-19-15(12-18)5-3-6-20(19)26)22(14-17)28-35(31,32)24-13-16-4-1-2-7-23(16)33-24/h1-14,27-28H. The minimum Gasteiger partial charge on any atom is -0.443 e. The fourth-order valence-electron chi connectivity index (χ4n) is 3.57. The second kappa shape index (κ2) is 8.76. The van der Waals surface area contributed by atoms with Gasteiger partial charge in [-0.2, -0.15) is 8.42 Å². The van der Waals surface area contributed by atoms with Crippen LogP contribution in [0, 0.1) is 0 Å². The van der Waals surface area contributed by atoms with E-state index in [1.807, 2.05) is 0 Å². The zero-order chi connectivity index (χ0) is 24.8. The minimum atomic E-state index is -4.19. The highest BCUT2D eigenvalue weighted by atomic mass is 35.5. The molecule has 0 atom stereocenters. The fraction of sp³-hybridized carbons (Fsp3) is 0. The van der Waals surface area contributed by atoms with E-state index in [1.54, 1.807) is 48.5 Å². The third-order valence-electron chi connectivity index (χ3n) is 5.25. The number of benzene rings is 4. The second-order valence-corrected chi connectivity index (χ2v) is 11.8. The lowest BCUT2D eigenvalue weighted by atomic mass is 10.1. The van der Waals surface area contributed by atoms with E-state index < -0.39 is 20.0 Å². The summed E-state index contributed by atoms with van der Waals surface area (Å²) >= 11 is 12.3. The summed E-state index contributed by atoms with van der Waals surface area (Å²) in [5.41, 5.74) is 0.321. The molecule has 1 heterocycles. The Balaban J connectivity index is 1.50. The zero-order valence-corrected chi connectivity index (χ0v) is 20.8. The van der Waals surface area contributed by atoms with Crippen LogP contribution in [0.1, 0.15) is 0 Å². The Labute approximate surface area is 211 Å². The van der Waals surface area contributed by atoms with E-state index >= 15 is 0 Å². The molecule has 1 aromatic heterocycles. The van der Waals surface area contributed by atoms with Crippen LogP contribution >= 0.6 is 23.2 Å². The van der Waals surface area contributed by atoms with Gasteiger partial charge in [-0.15, -0.1) is 0 Å². The van der Waals surface area contributed by atoms with E-state index in [4.69, 9.17) is 27.6 Å². The fourth-order valence-corrected chi connectivity index (χ4v) is 6.14.